The van der Waals surface area contributed by atoms with E-state index in [1.807, 2.05) is 12.1 Å². The van der Waals surface area contributed by atoms with E-state index in [0.29, 0.717) is 43.2 Å². The molecule has 0 aromatic heterocycles. The Labute approximate surface area is 199 Å². The molecule has 0 saturated carbocycles. The lowest BCUT2D eigenvalue weighted by Crippen LogP contribution is -2.38. The molecule has 2 aliphatic heterocycles. The van der Waals surface area contributed by atoms with Gasteiger partial charge in [-0.2, -0.15) is 0 Å². The van der Waals surface area contributed by atoms with E-state index >= 15 is 0 Å². The first-order chi connectivity index (χ1) is 16.5. The van der Waals surface area contributed by atoms with Crippen molar-refractivity contribution in [2.24, 2.45) is 0 Å². The van der Waals surface area contributed by atoms with E-state index in [1.54, 1.807) is 55.5 Å². The fourth-order valence-corrected chi connectivity index (χ4v) is 4.44. The summed E-state index contributed by atoms with van der Waals surface area (Å²) in [6.45, 7) is 4.34. The summed E-state index contributed by atoms with van der Waals surface area (Å²) < 4.78 is 15.8. The Morgan fingerprint density at radius 1 is 0.941 bits per heavy atom. The van der Waals surface area contributed by atoms with Crippen molar-refractivity contribution in [2.75, 3.05) is 53.6 Å². The molecular formula is C26H30N2O6. The van der Waals surface area contributed by atoms with Gasteiger partial charge in [0.2, 0.25) is 0 Å². The number of aliphatic hydroxyl groups excluding tert-OH is 1. The van der Waals surface area contributed by atoms with E-state index in [0.717, 1.165) is 25.2 Å². The quantitative estimate of drug-likeness (QED) is 0.364. The SMILES string of the molecule is COc1ccc(C(O)=C2C(=O)C(=O)N(CCCN3CCOCC3)[C@@H]2c2ccc(OC)cc2)cc1. The number of hydrogen-bond acceptors (Lipinski definition) is 7. The van der Waals surface area contributed by atoms with Crippen LogP contribution in [0.15, 0.2) is 54.1 Å². The third-order valence-electron chi connectivity index (χ3n) is 6.31. The van der Waals surface area contributed by atoms with E-state index in [9.17, 15) is 14.7 Å². The number of amides is 1. The molecule has 2 aliphatic rings. The molecule has 1 amide bonds. The van der Waals surface area contributed by atoms with E-state index < -0.39 is 17.7 Å². The number of morpholine rings is 1. The summed E-state index contributed by atoms with van der Waals surface area (Å²) >= 11 is 0. The van der Waals surface area contributed by atoms with Crippen molar-refractivity contribution in [1.29, 1.82) is 0 Å². The highest BCUT2D eigenvalue weighted by molar-refractivity contribution is 6.46. The highest BCUT2D eigenvalue weighted by Gasteiger charge is 2.45. The zero-order chi connectivity index (χ0) is 24.1. The van der Waals surface area contributed by atoms with Crippen LogP contribution in [-0.2, 0) is 14.3 Å². The number of hydrogen-bond donors (Lipinski definition) is 1. The first-order valence-corrected chi connectivity index (χ1v) is 11.4. The van der Waals surface area contributed by atoms with E-state index in [1.165, 1.54) is 0 Å². The minimum Gasteiger partial charge on any atom is -0.507 e. The number of methoxy groups -OCH3 is 2. The number of aliphatic hydroxyl groups is 1. The fraction of sp³-hybridized carbons (Fsp3) is 0.385. The summed E-state index contributed by atoms with van der Waals surface area (Å²) in [6, 6.07) is 13.3. The molecule has 0 unspecified atom stereocenters. The Kier molecular flexibility index (Phi) is 7.49. The molecule has 34 heavy (non-hydrogen) atoms. The van der Waals surface area contributed by atoms with Gasteiger partial charge in [-0.3, -0.25) is 14.5 Å². The molecule has 2 aromatic carbocycles. The second-order valence-electron chi connectivity index (χ2n) is 8.30. The number of benzene rings is 2. The van der Waals surface area contributed by atoms with Gasteiger partial charge in [0.15, 0.2) is 0 Å². The molecule has 0 radical (unpaired) electrons. The lowest BCUT2D eigenvalue weighted by atomic mass is 9.95. The summed E-state index contributed by atoms with van der Waals surface area (Å²) in [6.07, 6.45) is 0.711. The summed E-state index contributed by atoms with van der Waals surface area (Å²) in [5.74, 6) is -0.175. The van der Waals surface area contributed by atoms with Crippen molar-refractivity contribution in [3.8, 4) is 11.5 Å². The third kappa shape index (κ3) is 4.93. The van der Waals surface area contributed by atoms with Crippen molar-refractivity contribution in [1.82, 2.24) is 9.80 Å². The van der Waals surface area contributed by atoms with Crippen LogP contribution in [0.1, 0.15) is 23.6 Å². The molecule has 8 heteroatoms. The number of carbonyl (C=O) groups excluding carboxylic acids is 2. The minimum atomic E-state index is -0.683. The van der Waals surface area contributed by atoms with Gasteiger partial charge in [-0.1, -0.05) is 12.1 Å². The molecule has 0 aliphatic carbocycles. The number of nitrogens with zero attached hydrogens (tertiary/aromatic N) is 2. The predicted octanol–water partition coefficient (Wildman–Crippen LogP) is 2.85. The standard InChI is InChI=1S/C26H30N2O6/c1-32-20-8-4-18(5-9-20)23-22(24(29)19-6-10-21(33-2)11-7-19)25(30)26(31)28(23)13-3-12-27-14-16-34-17-15-27/h4-11,23,29H,3,12-17H2,1-2H3/t23-/m1/s1. The van der Waals surface area contributed by atoms with E-state index in [2.05, 4.69) is 4.90 Å². The zero-order valence-corrected chi connectivity index (χ0v) is 19.5. The molecule has 1 atom stereocenters. The smallest absolute Gasteiger partial charge is 0.295 e. The molecule has 4 rings (SSSR count). The van der Waals surface area contributed by atoms with Gasteiger partial charge < -0.3 is 24.2 Å². The van der Waals surface area contributed by atoms with Crippen LogP contribution in [0.3, 0.4) is 0 Å². The van der Waals surface area contributed by atoms with Gasteiger partial charge in [0.25, 0.3) is 11.7 Å². The molecule has 2 heterocycles. The number of likely N-dealkylation sites (tertiary alicyclic amines) is 1. The minimum absolute atomic E-state index is 0.0895. The largest absolute Gasteiger partial charge is 0.507 e. The van der Waals surface area contributed by atoms with Gasteiger partial charge in [-0.25, -0.2) is 0 Å². The van der Waals surface area contributed by atoms with Crippen LogP contribution in [0.25, 0.3) is 5.76 Å². The molecule has 2 fully saturated rings. The Bertz CT molecular complexity index is 1040. The van der Waals surface area contributed by atoms with Crippen LogP contribution in [-0.4, -0.2) is 80.2 Å². The fourth-order valence-electron chi connectivity index (χ4n) is 4.44. The second kappa shape index (κ2) is 10.7. The summed E-state index contributed by atoms with van der Waals surface area (Å²) in [5.41, 5.74) is 1.28. The summed E-state index contributed by atoms with van der Waals surface area (Å²) in [7, 11) is 3.14. The highest BCUT2D eigenvalue weighted by Crippen LogP contribution is 2.40. The third-order valence-corrected chi connectivity index (χ3v) is 6.31. The number of Topliss-reactive ketones (excluding diaryl/α,β-unsaturated/α-hetero) is 1. The maximum atomic E-state index is 13.1. The average molecular weight is 467 g/mol. The van der Waals surface area contributed by atoms with Crippen LogP contribution < -0.4 is 9.47 Å². The van der Waals surface area contributed by atoms with Gasteiger partial charge in [-0.15, -0.1) is 0 Å². The van der Waals surface area contributed by atoms with Crippen LogP contribution in [0.2, 0.25) is 0 Å². The van der Waals surface area contributed by atoms with Crippen LogP contribution in [0.5, 0.6) is 11.5 Å². The molecule has 2 saturated heterocycles. The van der Waals surface area contributed by atoms with Gasteiger partial charge in [0, 0.05) is 31.7 Å². The number of ketones is 1. The van der Waals surface area contributed by atoms with Crippen LogP contribution in [0, 0.1) is 0 Å². The summed E-state index contributed by atoms with van der Waals surface area (Å²) in [5, 5.41) is 11.1. The van der Waals surface area contributed by atoms with Crippen LogP contribution >= 0.6 is 0 Å². The molecule has 0 spiro atoms. The monoisotopic (exact) mass is 466 g/mol. The molecular weight excluding hydrogens is 436 g/mol. The Morgan fingerprint density at radius 2 is 1.53 bits per heavy atom. The van der Waals surface area contributed by atoms with E-state index in [4.69, 9.17) is 14.2 Å². The highest BCUT2D eigenvalue weighted by atomic mass is 16.5. The number of carbonyl (C=O) groups is 2. The Balaban J connectivity index is 1.66. The van der Waals surface area contributed by atoms with Crippen molar-refractivity contribution >= 4 is 17.4 Å². The van der Waals surface area contributed by atoms with Crippen molar-refractivity contribution in [3.05, 3.63) is 65.2 Å². The molecule has 1 N–H and O–H groups in total. The molecule has 8 nitrogen and oxygen atoms in total. The van der Waals surface area contributed by atoms with Gasteiger partial charge in [0.05, 0.1) is 39.0 Å². The molecule has 2 aromatic rings. The first kappa shape index (κ1) is 23.8. The normalized spacial score (nSPS) is 20.5. The molecule has 0 bridgehead atoms. The van der Waals surface area contributed by atoms with Gasteiger partial charge in [-0.05, 0) is 48.4 Å². The van der Waals surface area contributed by atoms with Gasteiger partial charge >= 0.3 is 0 Å². The Hall–Kier alpha value is -3.36. The second-order valence-corrected chi connectivity index (χ2v) is 8.30. The van der Waals surface area contributed by atoms with Crippen LogP contribution in [0.4, 0.5) is 0 Å². The van der Waals surface area contributed by atoms with E-state index in [-0.39, 0.29) is 11.3 Å². The molecule has 180 valence electrons. The topological polar surface area (TPSA) is 88.5 Å². The Morgan fingerprint density at radius 3 is 2.12 bits per heavy atom. The lowest BCUT2D eigenvalue weighted by Gasteiger charge is -2.29. The average Bonchev–Trinajstić information content (AvgIpc) is 3.14. The predicted molar refractivity (Wildman–Crippen MR) is 127 cm³/mol. The van der Waals surface area contributed by atoms with Crippen molar-refractivity contribution < 1.29 is 28.9 Å². The number of ether oxygens (including phenoxy) is 3. The lowest BCUT2D eigenvalue weighted by molar-refractivity contribution is -0.140. The van der Waals surface area contributed by atoms with Crippen molar-refractivity contribution in [2.45, 2.75) is 12.5 Å². The maximum absolute atomic E-state index is 13.1. The van der Waals surface area contributed by atoms with Gasteiger partial charge in [0.1, 0.15) is 17.3 Å². The van der Waals surface area contributed by atoms with Crippen molar-refractivity contribution in [3.63, 3.8) is 0 Å². The summed E-state index contributed by atoms with van der Waals surface area (Å²) in [4.78, 5) is 30.1. The number of rotatable bonds is 8. The maximum Gasteiger partial charge on any atom is 0.295 e. The first-order valence-electron chi connectivity index (χ1n) is 11.4. The zero-order valence-electron chi connectivity index (χ0n) is 19.5.